The predicted octanol–water partition coefficient (Wildman–Crippen LogP) is 10.4. The lowest BCUT2D eigenvalue weighted by Crippen LogP contribution is -2.07. The molecule has 4 nitrogen and oxygen atoms in total. The summed E-state index contributed by atoms with van der Waals surface area (Å²) < 4.78 is 0. The van der Waals surface area contributed by atoms with Crippen molar-refractivity contribution < 1.29 is 4.79 Å². The zero-order valence-corrected chi connectivity index (χ0v) is 26.1. The minimum atomic E-state index is 0.0843. The number of para-hydroxylation sites is 4. The molecule has 6 aromatic carbocycles. The molecule has 0 radical (unpaired) electrons. The van der Waals surface area contributed by atoms with Gasteiger partial charge < -0.3 is 4.90 Å². The number of benzene rings is 6. The average molecular weight is 596 g/mol. The summed E-state index contributed by atoms with van der Waals surface area (Å²) >= 11 is 0. The standard InChI is InChI=1S/C21H18N2.C21H15NO/c1-23(2)16-13-11-15(12-14-16)21-17-7-3-5-9-19(17)22-20-10-6-4-8-18(20)21;1-14(23)15-10-12-16(13-11-15)21-17-6-2-4-8-19(17)22-20-9-5-3-7-18(20)21/h3-14H,1-2H3;2-13H,1H3. The van der Waals surface area contributed by atoms with Gasteiger partial charge in [-0.15, -0.1) is 0 Å². The van der Waals surface area contributed by atoms with Crippen LogP contribution in [0.2, 0.25) is 0 Å². The zero-order chi connectivity index (χ0) is 31.6. The molecule has 0 aliphatic rings. The number of fused-ring (bicyclic) bond motifs is 4. The number of anilines is 1. The average Bonchev–Trinajstić information content (AvgIpc) is 3.10. The Kier molecular flexibility index (Phi) is 7.69. The van der Waals surface area contributed by atoms with Crippen LogP contribution >= 0.6 is 0 Å². The van der Waals surface area contributed by atoms with E-state index in [9.17, 15) is 4.79 Å². The second-order valence-electron chi connectivity index (χ2n) is 11.6. The first-order valence-corrected chi connectivity index (χ1v) is 15.4. The van der Waals surface area contributed by atoms with Gasteiger partial charge in [0.2, 0.25) is 0 Å². The summed E-state index contributed by atoms with van der Waals surface area (Å²) in [5, 5.41) is 4.65. The molecule has 2 aromatic heterocycles. The van der Waals surface area contributed by atoms with E-state index in [2.05, 4.69) is 91.8 Å². The highest BCUT2D eigenvalue weighted by molar-refractivity contribution is 6.10. The van der Waals surface area contributed by atoms with Crippen LogP contribution < -0.4 is 4.90 Å². The second-order valence-corrected chi connectivity index (χ2v) is 11.6. The highest BCUT2D eigenvalue weighted by atomic mass is 16.1. The van der Waals surface area contributed by atoms with Crippen molar-refractivity contribution in [3.8, 4) is 22.3 Å². The van der Waals surface area contributed by atoms with Crippen molar-refractivity contribution >= 4 is 55.1 Å². The third kappa shape index (κ3) is 5.46. The molecule has 46 heavy (non-hydrogen) atoms. The number of aromatic nitrogens is 2. The van der Waals surface area contributed by atoms with Crippen LogP contribution in [0.25, 0.3) is 65.9 Å². The lowest BCUT2D eigenvalue weighted by molar-refractivity contribution is 0.101. The van der Waals surface area contributed by atoms with Crippen molar-refractivity contribution in [3.05, 3.63) is 151 Å². The van der Waals surface area contributed by atoms with Crippen molar-refractivity contribution in [2.75, 3.05) is 19.0 Å². The molecule has 0 spiro atoms. The van der Waals surface area contributed by atoms with Crippen molar-refractivity contribution in [2.45, 2.75) is 6.92 Å². The van der Waals surface area contributed by atoms with E-state index in [1.165, 1.54) is 33.2 Å². The quantitative estimate of drug-likeness (QED) is 0.150. The summed E-state index contributed by atoms with van der Waals surface area (Å²) in [4.78, 5) is 23.2. The number of carbonyl (C=O) groups excluding carboxylic acids is 1. The van der Waals surface area contributed by atoms with Gasteiger partial charge in [0, 0.05) is 58.0 Å². The van der Waals surface area contributed by atoms with Crippen LogP contribution in [-0.4, -0.2) is 29.8 Å². The van der Waals surface area contributed by atoms with E-state index >= 15 is 0 Å². The first-order chi connectivity index (χ1) is 22.5. The maximum absolute atomic E-state index is 11.5. The molecule has 0 atom stereocenters. The molecule has 0 unspecified atom stereocenters. The van der Waals surface area contributed by atoms with E-state index in [4.69, 9.17) is 9.97 Å². The fourth-order valence-corrected chi connectivity index (χ4v) is 6.10. The summed E-state index contributed by atoms with van der Waals surface area (Å²) in [5.74, 6) is 0.0843. The second kappa shape index (κ2) is 12.3. The number of hydrogen-bond donors (Lipinski definition) is 0. The molecule has 0 bridgehead atoms. The van der Waals surface area contributed by atoms with Crippen molar-refractivity contribution in [3.63, 3.8) is 0 Å². The van der Waals surface area contributed by atoms with Gasteiger partial charge in [-0.3, -0.25) is 4.79 Å². The lowest BCUT2D eigenvalue weighted by Gasteiger charge is -2.15. The van der Waals surface area contributed by atoms with Crippen LogP contribution in [0, 0.1) is 0 Å². The number of ketones is 1. The first kappa shape index (κ1) is 28.9. The fourth-order valence-electron chi connectivity index (χ4n) is 6.10. The number of carbonyl (C=O) groups is 1. The zero-order valence-electron chi connectivity index (χ0n) is 26.1. The van der Waals surface area contributed by atoms with Crippen LogP contribution in [0.5, 0.6) is 0 Å². The number of pyridine rings is 2. The Morgan fingerprint density at radius 2 is 0.783 bits per heavy atom. The monoisotopic (exact) mass is 595 g/mol. The van der Waals surface area contributed by atoms with Gasteiger partial charge in [0.05, 0.1) is 22.1 Å². The maximum atomic E-state index is 11.5. The van der Waals surface area contributed by atoms with Gasteiger partial charge in [-0.25, -0.2) is 9.97 Å². The van der Waals surface area contributed by atoms with Crippen LogP contribution in [0.15, 0.2) is 146 Å². The Hall–Kier alpha value is -5.87. The normalized spacial score (nSPS) is 11.0. The topological polar surface area (TPSA) is 46.1 Å². The molecular formula is C42H33N3O. The van der Waals surface area contributed by atoms with Crippen molar-refractivity contribution in [1.29, 1.82) is 0 Å². The molecule has 0 amide bonds. The minimum Gasteiger partial charge on any atom is -0.378 e. The summed E-state index contributed by atoms with van der Waals surface area (Å²) in [7, 11) is 4.12. The Morgan fingerprint density at radius 3 is 1.11 bits per heavy atom. The molecule has 0 N–H and O–H groups in total. The Balaban J connectivity index is 0.000000147. The molecule has 2 heterocycles. The third-order valence-corrected chi connectivity index (χ3v) is 8.43. The molecule has 4 heteroatoms. The summed E-state index contributed by atoms with van der Waals surface area (Å²) in [6.45, 7) is 1.59. The maximum Gasteiger partial charge on any atom is 0.159 e. The third-order valence-electron chi connectivity index (χ3n) is 8.43. The molecular weight excluding hydrogens is 562 g/mol. The smallest absolute Gasteiger partial charge is 0.159 e. The molecule has 0 saturated carbocycles. The predicted molar refractivity (Wildman–Crippen MR) is 194 cm³/mol. The molecule has 8 aromatic rings. The summed E-state index contributed by atoms with van der Waals surface area (Å²) in [6, 6.07) is 49.6. The van der Waals surface area contributed by atoms with Crippen LogP contribution in [-0.2, 0) is 0 Å². The summed E-state index contributed by atoms with van der Waals surface area (Å²) in [6.07, 6.45) is 0. The van der Waals surface area contributed by atoms with Gasteiger partial charge in [-0.1, -0.05) is 109 Å². The molecule has 0 saturated heterocycles. The van der Waals surface area contributed by atoms with E-state index < -0.39 is 0 Å². The van der Waals surface area contributed by atoms with Gasteiger partial charge in [-0.05, 0) is 54.4 Å². The fraction of sp³-hybridized carbons (Fsp3) is 0.0714. The van der Waals surface area contributed by atoms with Crippen LogP contribution in [0.1, 0.15) is 17.3 Å². The highest BCUT2D eigenvalue weighted by Crippen LogP contribution is 2.36. The molecule has 0 fully saturated rings. The van der Waals surface area contributed by atoms with Gasteiger partial charge in [0.1, 0.15) is 0 Å². The van der Waals surface area contributed by atoms with E-state index in [1.807, 2.05) is 72.8 Å². The highest BCUT2D eigenvalue weighted by Gasteiger charge is 2.12. The molecule has 8 rings (SSSR count). The van der Waals surface area contributed by atoms with E-state index in [0.717, 1.165) is 44.0 Å². The summed E-state index contributed by atoms with van der Waals surface area (Å²) in [5.41, 5.74) is 10.7. The molecule has 0 aliphatic carbocycles. The van der Waals surface area contributed by atoms with Crippen LogP contribution in [0.3, 0.4) is 0 Å². The Labute approximate surface area is 268 Å². The van der Waals surface area contributed by atoms with Crippen LogP contribution in [0.4, 0.5) is 5.69 Å². The molecule has 0 aliphatic heterocycles. The lowest BCUT2D eigenvalue weighted by atomic mass is 9.95. The van der Waals surface area contributed by atoms with E-state index in [-0.39, 0.29) is 5.78 Å². The van der Waals surface area contributed by atoms with Crippen molar-refractivity contribution in [1.82, 2.24) is 9.97 Å². The Morgan fingerprint density at radius 1 is 0.457 bits per heavy atom. The largest absolute Gasteiger partial charge is 0.378 e. The van der Waals surface area contributed by atoms with E-state index in [0.29, 0.717) is 0 Å². The Bertz CT molecular complexity index is 2250. The first-order valence-electron chi connectivity index (χ1n) is 15.4. The number of hydrogen-bond acceptors (Lipinski definition) is 4. The number of rotatable bonds is 4. The van der Waals surface area contributed by atoms with Crippen molar-refractivity contribution in [2.24, 2.45) is 0 Å². The van der Waals surface area contributed by atoms with Gasteiger partial charge >= 0.3 is 0 Å². The van der Waals surface area contributed by atoms with Gasteiger partial charge in [0.15, 0.2) is 5.78 Å². The SMILES string of the molecule is CC(=O)c1ccc(-c2c3ccccc3nc3ccccc23)cc1.CN(C)c1ccc(-c2c3ccccc3nc3ccccc23)cc1. The van der Waals surface area contributed by atoms with E-state index in [1.54, 1.807) is 6.92 Å². The minimum absolute atomic E-state index is 0.0843. The number of Topliss-reactive ketones (excluding diaryl/α,β-unsaturated/α-hetero) is 1. The van der Waals surface area contributed by atoms with Gasteiger partial charge in [-0.2, -0.15) is 0 Å². The number of nitrogens with zero attached hydrogens (tertiary/aromatic N) is 3. The molecule has 222 valence electrons. The van der Waals surface area contributed by atoms with Gasteiger partial charge in [0.25, 0.3) is 0 Å².